The van der Waals surface area contributed by atoms with E-state index in [2.05, 4.69) is 0 Å². The maximum absolute atomic E-state index is 12.9. The van der Waals surface area contributed by atoms with Gasteiger partial charge in [-0.2, -0.15) is 13.2 Å². The molecule has 0 amide bonds. The van der Waals surface area contributed by atoms with Crippen LogP contribution in [0.1, 0.15) is 17.2 Å². The minimum atomic E-state index is -4.47. The fourth-order valence-electron chi connectivity index (χ4n) is 1.84. The zero-order valence-corrected chi connectivity index (χ0v) is 12.3. The van der Waals surface area contributed by atoms with Crippen molar-refractivity contribution in [3.05, 3.63) is 64.7 Å². The molecular formula is C15H12ClF3OS. The predicted octanol–water partition coefficient (Wildman–Crippen LogP) is 5.18. The molecule has 1 nitrogen and oxygen atoms in total. The lowest BCUT2D eigenvalue weighted by Gasteiger charge is -2.17. The van der Waals surface area contributed by atoms with Crippen LogP contribution in [0.5, 0.6) is 0 Å². The lowest BCUT2D eigenvalue weighted by atomic mass is 10.0. The second kappa shape index (κ2) is 6.73. The lowest BCUT2D eigenvalue weighted by molar-refractivity contribution is -0.139. The summed E-state index contributed by atoms with van der Waals surface area (Å²) in [5.41, 5.74) is -0.902. The van der Waals surface area contributed by atoms with Crippen LogP contribution in [-0.2, 0) is 6.18 Å². The van der Waals surface area contributed by atoms with Crippen molar-refractivity contribution in [2.45, 2.75) is 17.2 Å². The van der Waals surface area contributed by atoms with Crippen molar-refractivity contribution in [3.63, 3.8) is 0 Å². The van der Waals surface area contributed by atoms with E-state index in [-0.39, 0.29) is 11.3 Å². The summed E-state index contributed by atoms with van der Waals surface area (Å²) >= 11 is 7.03. The molecule has 1 atom stereocenters. The zero-order valence-electron chi connectivity index (χ0n) is 10.8. The van der Waals surface area contributed by atoms with Crippen LogP contribution in [-0.4, -0.2) is 10.9 Å². The molecule has 112 valence electrons. The monoisotopic (exact) mass is 332 g/mol. The van der Waals surface area contributed by atoms with E-state index in [9.17, 15) is 18.3 Å². The Morgan fingerprint density at radius 1 is 1.05 bits per heavy atom. The summed E-state index contributed by atoms with van der Waals surface area (Å²) in [6.45, 7) is 0. The average molecular weight is 333 g/mol. The highest BCUT2D eigenvalue weighted by molar-refractivity contribution is 7.99. The number of aliphatic hydroxyl groups is 1. The number of alkyl halides is 3. The van der Waals surface area contributed by atoms with E-state index < -0.39 is 17.8 Å². The molecule has 2 aromatic carbocycles. The molecule has 0 heterocycles. The molecule has 0 spiro atoms. The van der Waals surface area contributed by atoms with Crippen LogP contribution in [0, 0.1) is 0 Å². The summed E-state index contributed by atoms with van der Waals surface area (Å²) < 4.78 is 38.7. The first-order valence-corrected chi connectivity index (χ1v) is 7.47. The molecule has 1 N–H and O–H groups in total. The Labute approximate surface area is 129 Å². The number of hydrogen-bond donors (Lipinski definition) is 1. The molecule has 0 bridgehead atoms. The van der Waals surface area contributed by atoms with Crippen molar-refractivity contribution in [1.82, 2.24) is 0 Å². The van der Waals surface area contributed by atoms with E-state index in [0.29, 0.717) is 5.02 Å². The zero-order chi connectivity index (χ0) is 15.5. The standard InChI is InChI=1S/C15H12ClF3OS/c16-10-5-7-11(8-6-10)21-9-14(20)12-3-1-2-4-13(12)15(17,18)19/h1-8,14,20H,9H2. The Morgan fingerprint density at radius 2 is 1.67 bits per heavy atom. The smallest absolute Gasteiger partial charge is 0.388 e. The molecule has 0 fully saturated rings. The third kappa shape index (κ3) is 4.40. The molecule has 6 heteroatoms. The van der Waals surface area contributed by atoms with Gasteiger partial charge in [-0.3, -0.25) is 0 Å². The van der Waals surface area contributed by atoms with E-state index >= 15 is 0 Å². The summed E-state index contributed by atoms with van der Waals surface area (Å²) in [5, 5.41) is 10.6. The summed E-state index contributed by atoms with van der Waals surface area (Å²) in [6, 6.07) is 12.0. The quantitative estimate of drug-likeness (QED) is 0.778. The third-order valence-electron chi connectivity index (χ3n) is 2.85. The highest BCUT2D eigenvalue weighted by Crippen LogP contribution is 2.36. The van der Waals surface area contributed by atoms with Crippen molar-refractivity contribution in [2.75, 3.05) is 5.75 Å². The van der Waals surface area contributed by atoms with Crippen molar-refractivity contribution >= 4 is 23.4 Å². The molecule has 1 unspecified atom stereocenters. The minimum absolute atomic E-state index is 0.105. The maximum atomic E-state index is 12.9. The molecule has 0 aromatic heterocycles. The van der Waals surface area contributed by atoms with Crippen LogP contribution >= 0.6 is 23.4 Å². The second-order valence-electron chi connectivity index (χ2n) is 4.37. The Balaban J connectivity index is 2.10. The average Bonchev–Trinajstić information content (AvgIpc) is 2.45. The molecule has 0 saturated heterocycles. The van der Waals surface area contributed by atoms with E-state index in [4.69, 9.17) is 11.6 Å². The van der Waals surface area contributed by atoms with Crippen molar-refractivity contribution in [2.24, 2.45) is 0 Å². The minimum Gasteiger partial charge on any atom is -0.388 e. The van der Waals surface area contributed by atoms with Crippen LogP contribution in [0.4, 0.5) is 13.2 Å². The number of rotatable bonds is 4. The highest BCUT2D eigenvalue weighted by Gasteiger charge is 2.34. The second-order valence-corrected chi connectivity index (χ2v) is 5.90. The normalized spacial score (nSPS) is 13.2. The lowest BCUT2D eigenvalue weighted by Crippen LogP contribution is -2.13. The Bertz CT molecular complexity index is 599. The van der Waals surface area contributed by atoms with E-state index in [1.807, 2.05) is 0 Å². The van der Waals surface area contributed by atoms with E-state index in [1.54, 1.807) is 24.3 Å². The number of benzene rings is 2. The van der Waals surface area contributed by atoms with Crippen LogP contribution in [0.15, 0.2) is 53.4 Å². The van der Waals surface area contributed by atoms with Crippen molar-refractivity contribution in [3.8, 4) is 0 Å². The summed E-state index contributed by atoms with van der Waals surface area (Å²) in [7, 11) is 0. The van der Waals surface area contributed by atoms with E-state index in [1.165, 1.54) is 30.0 Å². The fourth-order valence-corrected chi connectivity index (χ4v) is 2.83. The summed E-state index contributed by atoms with van der Waals surface area (Å²) in [5.74, 6) is 0.134. The van der Waals surface area contributed by atoms with Crippen LogP contribution in [0.2, 0.25) is 5.02 Å². The fraction of sp³-hybridized carbons (Fsp3) is 0.200. The molecule has 0 aliphatic heterocycles. The first-order chi connectivity index (χ1) is 9.88. The van der Waals surface area contributed by atoms with Gasteiger partial charge in [0.25, 0.3) is 0 Å². The molecule has 0 aliphatic carbocycles. The summed E-state index contributed by atoms with van der Waals surface area (Å²) in [4.78, 5) is 0.836. The maximum Gasteiger partial charge on any atom is 0.416 e. The molecule has 0 radical (unpaired) electrons. The third-order valence-corrected chi connectivity index (χ3v) is 4.19. The van der Waals surface area contributed by atoms with Gasteiger partial charge in [0.1, 0.15) is 0 Å². The number of thioether (sulfide) groups is 1. The predicted molar refractivity (Wildman–Crippen MR) is 78.6 cm³/mol. The van der Waals surface area contributed by atoms with Gasteiger partial charge in [0, 0.05) is 15.7 Å². The van der Waals surface area contributed by atoms with Crippen LogP contribution in [0.25, 0.3) is 0 Å². The molecular weight excluding hydrogens is 321 g/mol. The van der Waals surface area contributed by atoms with Crippen molar-refractivity contribution < 1.29 is 18.3 Å². The molecule has 2 aromatic rings. The largest absolute Gasteiger partial charge is 0.416 e. The molecule has 0 aliphatic rings. The Hall–Kier alpha value is -1.17. The first kappa shape index (κ1) is 16.2. The molecule has 2 rings (SSSR count). The van der Waals surface area contributed by atoms with Gasteiger partial charge < -0.3 is 5.11 Å². The van der Waals surface area contributed by atoms with E-state index in [0.717, 1.165) is 11.0 Å². The SMILES string of the molecule is OC(CSc1ccc(Cl)cc1)c1ccccc1C(F)(F)F. The van der Waals surface area contributed by atoms with Crippen LogP contribution < -0.4 is 0 Å². The number of hydrogen-bond acceptors (Lipinski definition) is 2. The van der Waals surface area contributed by atoms with Crippen LogP contribution in [0.3, 0.4) is 0 Å². The van der Waals surface area contributed by atoms with Gasteiger partial charge in [0.2, 0.25) is 0 Å². The van der Waals surface area contributed by atoms with Gasteiger partial charge in [-0.25, -0.2) is 0 Å². The van der Waals surface area contributed by atoms with Gasteiger partial charge in [-0.1, -0.05) is 29.8 Å². The highest BCUT2D eigenvalue weighted by atomic mass is 35.5. The van der Waals surface area contributed by atoms with Gasteiger partial charge in [-0.05, 0) is 35.9 Å². The first-order valence-electron chi connectivity index (χ1n) is 6.10. The molecule has 0 saturated carbocycles. The van der Waals surface area contributed by atoms with Gasteiger partial charge in [0.15, 0.2) is 0 Å². The van der Waals surface area contributed by atoms with Crippen molar-refractivity contribution in [1.29, 1.82) is 0 Å². The molecule has 21 heavy (non-hydrogen) atoms. The van der Waals surface area contributed by atoms with Gasteiger partial charge in [0.05, 0.1) is 11.7 Å². The van der Waals surface area contributed by atoms with Gasteiger partial charge in [-0.15, -0.1) is 11.8 Å². The topological polar surface area (TPSA) is 20.2 Å². The Kier molecular flexibility index (Phi) is 5.19. The van der Waals surface area contributed by atoms with Gasteiger partial charge >= 0.3 is 6.18 Å². The number of halogens is 4. The number of aliphatic hydroxyl groups excluding tert-OH is 1. The Morgan fingerprint density at radius 3 is 2.29 bits per heavy atom. The summed E-state index contributed by atoms with van der Waals surface area (Å²) in [6.07, 6.45) is -5.66.